The molecule has 0 bridgehead atoms. The lowest BCUT2D eigenvalue weighted by atomic mass is 9.91. The molecule has 1 aromatic heterocycles. The van der Waals surface area contributed by atoms with Crippen molar-refractivity contribution in [3.05, 3.63) is 16.5 Å². The van der Waals surface area contributed by atoms with Crippen LogP contribution in [-0.4, -0.2) is 50.1 Å². The Balaban J connectivity index is 2.26. The van der Waals surface area contributed by atoms with Gasteiger partial charge in [0.05, 0.1) is 18.6 Å². The van der Waals surface area contributed by atoms with Gasteiger partial charge in [0, 0.05) is 13.6 Å². The predicted molar refractivity (Wildman–Crippen MR) is 97.8 cm³/mol. The van der Waals surface area contributed by atoms with Gasteiger partial charge in [0.1, 0.15) is 9.09 Å². The number of carboxylic acid groups (broad SMARTS) is 1. The molecule has 11 heteroatoms. The fourth-order valence-corrected chi connectivity index (χ4v) is 5.73. The van der Waals surface area contributed by atoms with Crippen LogP contribution >= 0.6 is 11.3 Å². The van der Waals surface area contributed by atoms with Crippen molar-refractivity contribution in [2.45, 2.75) is 49.6 Å². The van der Waals surface area contributed by atoms with E-state index in [1.54, 1.807) is 0 Å². The summed E-state index contributed by atoms with van der Waals surface area (Å²) in [5.74, 6) is -1.76. The number of hydrogen-bond acceptors (Lipinski definition) is 5. The first-order chi connectivity index (χ1) is 12.8. The average molecular weight is 444 g/mol. The van der Waals surface area contributed by atoms with Crippen LogP contribution in [0.25, 0.3) is 0 Å². The molecule has 0 aromatic carbocycles. The maximum Gasteiger partial charge on any atom is 0.425 e. The number of alkyl halides is 3. The van der Waals surface area contributed by atoms with E-state index in [2.05, 4.69) is 0 Å². The summed E-state index contributed by atoms with van der Waals surface area (Å²) in [7, 11) is -2.78. The first-order valence-electron chi connectivity index (χ1n) is 8.83. The van der Waals surface area contributed by atoms with E-state index < -0.39 is 37.2 Å². The Hall–Kier alpha value is -1.17. The van der Waals surface area contributed by atoms with Crippen LogP contribution in [0.2, 0.25) is 0 Å². The lowest BCUT2D eigenvalue weighted by molar-refractivity contribution is -0.142. The fourth-order valence-electron chi connectivity index (χ4n) is 2.91. The molecule has 2 heterocycles. The second kappa shape index (κ2) is 8.68. The SMILES string of the molecule is CC(C)CC(CCc1cc(S(=O)(=O)N(C)CC2CO2)sc1C(F)(F)F)C(=O)O. The van der Waals surface area contributed by atoms with Crippen LogP contribution in [0, 0.1) is 11.8 Å². The molecule has 1 aliphatic heterocycles. The second-order valence-electron chi connectivity index (χ2n) is 7.36. The molecule has 1 aliphatic rings. The van der Waals surface area contributed by atoms with E-state index in [4.69, 9.17) is 4.74 Å². The van der Waals surface area contributed by atoms with Gasteiger partial charge in [-0.1, -0.05) is 13.8 Å². The van der Waals surface area contributed by atoms with Gasteiger partial charge in [0.25, 0.3) is 10.0 Å². The van der Waals surface area contributed by atoms with Crippen LogP contribution in [0.4, 0.5) is 13.2 Å². The highest BCUT2D eigenvalue weighted by Crippen LogP contribution is 2.41. The minimum atomic E-state index is -4.71. The Kier molecular flexibility index (Phi) is 7.17. The van der Waals surface area contributed by atoms with Gasteiger partial charge in [-0.25, -0.2) is 8.42 Å². The molecule has 0 spiro atoms. The third kappa shape index (κ3) is 5.91. The van der Waals surface area contributed by atoms with Crippen molar-refractivity contribution in [1.82, 2.24) is 4.31 Å². The zero-order chi connectivity index (χ0) is 21.3. The number of carbonyl (C=O) groups is 1. The first-order valence-corrected chi connectivity index (χ1v) is 11.1. The number of ether oxygens (including phenoxy) is 1. The van der Waals surface area contributed by atoms with E-state index in [9.17, 15) is 31.5 Å². The lowest BCUT2D eigenvalue weighted by Gasteiger charge is -2.15. The third-order valence-electron chi connectivity index (χ3n) is 4.44. The topological polar surface area (TPSA) is 87.2 Å². The molecule has 0 amide bonds. The molecule has 2 atom stereocenters. The van der Waals surface area contributed by atoms with Gasteiger partial charge < -0.3 is 9.84 Å². The van der Waals surface area contributed by atoms with Crippen LogP contribution in [0.3, 0.4) is 0 Å². The van der Waals surface area contributed by atoms with Crippen molar-refractivity contribution in [3.63, 3.8) is 0 Å². The van der Waals surface area contributed by atoms with Crippen molar-refractivity contribution < 1.29 is 36.2 Å². The standard InChI is InChI=1S/C17H24F3NO5S2/c1-10(2)6-12(16(22)23)5-4-11-7-14(27-15(11)17(18,19)20)28(24,25)21(3)8-13-9-26-13/h7,10,12-13H,4-6,8-9H2,1-3H3,(H,22,23). The molecule has 0 aliphatic carbocycles. The number of carboxylic acids is 1. The number of nitrogens with zero attached hydrogens (tertiary/aromatic N) is 1. The highest BCUT2D eigenvalue weighted by atomic mass is 32.2. The summed E-state index contributed by atoms with van der Waals surface area (Å²) in [6, 6.07) is 1.03. The molecule has 0 radical (unpaired) electrons. The molecule has 28 heavy (non-hydrogen) atoms. The molecule has 6 nitrogen and oxygen atoms in total. The summed E-state index contributed by atoms with van der Waals surface area (Å²) >= 11 is 0.180. The van der Waals surface area contributed by atoms with E-state index in [1.165, 1.54) is 7.05 Å². The third-order valence-corrected chi connectivity index (χ3v) is 7.93. The Labute approximate surface area is 166 Å². The molecular formula is C17H24F3NO5S2. The molecule has 0 saturated carbocycles. The van der Waals surface area contributed by atoms with E-state index >= 15 is 0 Å². The number of aliphatic carboxylic acids is 1. The Morgan fingerprint density at radius 2 is 2.04 bits per heavy atom. The quantitative estimate of drug-likeness (QED) is 0.560. The van der Waals surface area contributed by atoms with E-state index in [-0.39, 0.29) is 48.3 Å². The number of epoxide rings is 1. The maximum absolute atomic E-state index is 13.4. The summed E-state index contributed by atoms with van der Waals surface area (Å²) in [5, 5.41) is 9.29. The van der Waals surface area contributed by atoms with Crippen LogP contribution in [0.15, 0.2) is 10.3 Å². The Morgan fingerprint density at radius 1 is 1.43 bits per heavy atom. The summed E-state index contributed by atoms with van der Waals surface area (Å²) in [6.07, 6.45) is -4.73. The van der Waals surface area contributed by atoms with Gasteiger partial charge in [0.2, 0.25) is 0 Å². The van der Waals surface area contributed by atoms with Crippen molar-refractivity contribution >= 4 is 27.3 Å². The first kappa shape index (κ1) is 23.1. The molecule has 1 N–H and O–H groups in total. The zero-order valence-electron chi connectivity index (χ0n) is 15.8. The summed E-state index contributed by atoms with van der Waals surface area (Å²) in [5.41, 5.74) is -0.179. The van der Waals surface area contributed by atoms with Gasteiger partial charge in [-0.3, -0.25) is 4.79 Å². The molecule has 1 aromatic rings. The van der Waals surface area contributed by atoms with Crippen molar-refractivity contribution in [2.75, 3.05) is 20.2 Å². The van der Waals surface area contributed by atoms with Crippen molar-refractivity contribution in [3.8, 4) is 0 Å². The number of sulfonamides is 1. The molecule has 1 saturated heterocycles. The Morgan fingerprint density at radius 3 is 2.50 bits per heavy atom. The summed E-state index contributed by atoms with van der Waals surface area (Å²) in [6.45, 7) is 4.18. The number of hydrogen-bond donors (Lipinski definition) is 1. The number of thiophene rings is 1. The number of likely N-dealkylation sites (N-methyl/N-ethyl adjacent to an activating group) is 1. The van der Waals surface area contributed by atoms with Gasteiger partial charge in [-0.05, 0) is 36.8 Å². The van der Waals surface area contributed by atoms with E-state index in [1.807, 2.05) is 13.8 Å². The van der Waals surface area contributed by atoms with Crippen LogP contribution < -0.4 is 0 Å². The van der Waals surface area contributed by atoms with Crippen LogP contribution in [-0.2, 0) is 32.2 Å². The second-order valence-corrected chi connectivity index (χ2v) is 10.7. The van der Waals surface area contributed by atoms with Gasteiger partial charge in [0.15, 0.2) is 0 Å². The average Bonchev–Trinajstić information content (AvgIpc) is 3.24. The van der Waals surface area contributed by atoms with Gasteiger partial charge in [-0.15, -0.1) is 11.3 Å². The Bertz CT molecular complexity index is 800. The van der Waals surface area contributed by atoms with Crippen LogP contribution in [0.1, 0.15) is 37.1 Å². The predicted octanol–water partition coefficient (Wildman–Crippen LogP) is 3.47. The highest BCUT2D eigenvalue weighted by Gasteiger charge is 2.39. The lowest BCUT2D eigenvalue weighted by Crippen LogP contribution is -2.30. The normalized spacial score (nSPS) is 18.6. The fraction of sp³-hybridized carbons (Fsp3) is 0.706. The smallest absolute Gasteiger partial charge is 0.425 e. The monoisotopic (exact) mass is 443 g/mol. The van der Waals surface area contributed by atoms with E-state index in [0.29, 0.717) is 13.0 Å². The zero-order valence-corrected chi connectivity index (χ0v) is 17.5. The molecule has 160 valence electrons. The van der Waals surface area contributed by atoms with Gasteiger partial charge >= 0.3 is 12.1 Å². The maximum atomic E-state index is 13.4. The number of halogens is 3. The minimum absolute atomic E-state index is 0.0125. The van der Waals surface area contributed by atoms with E-state index in [0.717, 1.165) is 10.4 Å². The highest BCUT2D eigenvalue weighted by molar-refractivity contribution is 7.91. The number of aryl methyl sites for hydroxylation is 1. The minimum Gasteiger partial charge on any atom is -0.481 e. The van der Waals surface area contributed by atoms with Gasteiger partial charge in [-0.2, -0.15) is 17.5 Å². The summed E-state index contributed by atoms with van der Waals surface area (Å²) in [4.78, 5) is 10.4. The van der Waals surface area contributed by atoms with Crippen molar-refractivity contribution in [2.24, 2.45) is 11.8 Å². The molecule has 1 fully saturated rings. The molecule has 2 unspecified atom stereocenters. The molecule has 2 rings (SSSR count). The molecular weight excluding hydrogens is 419 g/mol. The largest absolute Gasteiger partial charge is 0.481 e. The van der Waals surface area contributed by atoms with Crippen LogP contribution in [0.5, 0.6) is 0 Å². The summed E-state index contributed by atoms with van der Waals surface area (Å²) < 4.78 is 71.1. The van der Waals surface area contributed by atoms with Crippen molar-refractivity contribution in [1.29, 1.82) is 0 Å². The number of rotatable bonds is 10.